The number of ether oxygens (including phenoxy) is 3. The fraction of sp³-hybridized carbons (Fsp3) is 0.600. The molecule has 0 spiro atoms. The van der Waals surface area contributed by atoms with E-state index in [1.807, 2.05) is 57.5 Å². The van der Waals surface area contributed by atoms with Gasteiger partial charge in [0.15, 0.2) is 0 Å². The summed E-state index contributed by atoms with van der Waals surface area (Å²) in [5, 5.41) is 16.1. The van der Waals surface area contributed by atoms with E-state index >= 15 is 0 Å². The Balaban J connectivity index is 1.52. The van der Waals surface area contributed by atoms with Crippen LogP contribution in [0.25, 0.3) is 10.4 Å². The molecule has 238 valence electrons. The average Bonchev–Trinajstić information content (AvgIpc) is 3.58. The van der Waals surface area contributed by atoms with Crippen molar-refractivity contribution in [2.24, 2.45) is 11.1 Å². The fourth-order valence-corrected chi connectivity index (χ4v) is 5.48. The van der Waals surface area contributed by atoms with Gasteiger partial charge in [-0.15, -0.1) is 11.3 Å². The average molecular weight is 620 g/mol. The van der Waals surface area contributed by atoms with E-state index in [2.05, 4.69) is 15.6 Å². The third-order valence-electron chi connectivity index (χ3n) is 6.95. The number of thiazole rings is 1. The van der Waals surface area contributed by atoms with Gasteiger partial charge in [0.2, 0.25) is 17.7 Å². The molecule has 0 aliphatic carbocycles. The van der Waals surface area contributed by atoms with E-state index in [-0.39, 0.29) is 38.6 Å². The highest BCUT2D eigenvalue weighted by Crippen LogP contribution is 2.28. The van der Waals surface area contributed by atoms with Crippen molar-refractivity contribution in [1.29, 1.82) is 0 Å². The normalized spacial score (nSPS) is 17.6. The summed E-state index contributed by atoms with van der Waals surface area (Å²) in [7, 11) is 0. The Morgan fingerprint density at radius 2 is 1.74 bits per heavy atom. The molecule has 0 bridgehead atoms. The lowest BCUT2D eigenvalue weighted by Gasteiger charge is -2.35. The van der Waals surface area contributed by atoms with Crippen LogP contribution in [0.15, 0.2) is 29.8 Å². The smallest absolute Gasteiger partial charge is 0.246 e. The van der Waals surface area contributed by atoms with Gasteiger partial charge in [0.1, 0.15) is 18.7 Å². The Hall–Kier alpha value is -2.94. The number of nitrogens with zero attached hydrogens (tertiary/aromatic N) is 2. The molecule has 2 aromatic rings. The standard InChI is InChI=1S/C30H45N5O7S/c1-20-26(43-19-33-20)22-7-5-21(6-8-22)16-32-28(38)24-15-23(36)17-35(24)29(39)27(30(2,3)4)34-25(37)18-42-14-13-41-12-11-40-10-9-31/h5-8,19,23-24,27,36H,9-18,31H2,1-4H3,(H,32,38)(H,34,37)/t23-,24?,27?/m1/s1. The number of carbonyl (C=O) groups excluding carboxylic acids is 3. The van der Waals surface area contributed by atoms with Gasteiger partial charge in [0.05, 0.1) is 55.2 Å². The van der Waals surface area contributed by atoms with Crippen LogP contribution in [-0.2, 0) is 35.1 Å². The molecule has 2 heterocycles. The maximum atomic E-state index is 13.7. The van der Waals surface area contributed by atoms with Gasteiger partial charge in [-0.1, -0.05) is 45.0 Å². The summed E-state index contributed by atoms with van der Waals surface area (Å²) in [6.45, 7) is 9.72. The van der Waals surface area contributed by atoms with Crippen LogP contribution in [0.5, 0.6) is 0 Å². The van der Waals surface area contributed by atoms with Crippen LogP contribution in [-0.4, -0.2) is 104 Å². The second-order valence-corrected chi connectivity index (χ2v) is 12.4. The van der Waals surface area contributed by atoms with Crippen molar-refractivity contribution < 1.29 is 33.7 Å². The predicted molar refractivity (Wildman–Crippen MR) is 163 cm³/mol. The van der Waals surface area contributed by atoms with E-state index in [9.17, 15) is 19.5 Å². The second-order valence-electron chi connectivity index (χ2n) is 11.5. The van der Waals surface area contributed by atoms with Crippen molar-refractivity contribution >= 4 is 29.1 Å². The van der Waals surface area contributed by atoms with Crippen molar-refractivity contribution in [3.05, 3.63) is 41.0 Å². The number of aliphatic hydroxyl groups is 1. The number of β-amino-alcohol motifs (C(OH)–C–C–N with tert-alkyl or cyclic N) is 1. The van der Waals surface area contributed by atoms with Crippen LogP contribution >= 0.6 is 11.3 Å². The molecule has 1 fully saturated rings. The van der Waals surface area contributed by atoms with Gasteiger partial charge in [-0.2, -0.15) is 0 Å². The summed E-state index contributed by atoms with van der Waals surface area (Å²) in [5.74, 6) is -1.25. The lowest BCUT2D eigenvalue weighted by Crippen LogP contribution is -2.58. The lowest BCUT2D eigenvalue weighted by molar-refractivity contribution is -0.144. The number of carbonyl (C=O) groups is 3. The van der Waals surface area contributed by atoms with Gasteiger partial charge < -0.3 is 40.6 Å². The Morgan fingerprint density at radius 3 is 2.35 bits per heavy atom. The topological polar surface area (TPSA) is 165 Å². The van der Waals surface area contributed by atoms with Crippen molar-refractivity contribution in [1.82, 2.24) is 20.5 Å². The summed E-state index contributed by atoms with van der Waals surface area (Å²) < 4.78 is 16.0. The van der Waals surface area contributed by atoms with Gasteiger partial charge in [-0.05, 0) is 23.5 Å². The molecule has 3 rings (SSSR count). The minimum absolute atomic E-state index is 0.00506. The molecule has 13 heteroatoms. The van der Waals surface area contributed by atoms with Crippen molar-refractivity contribution in [2.75, 3.05) is 52.7 Å². The first-order chi connectivity index (χ1) is 20.5. The molecule has 1 aromatic heterocycles. The Labute approximate surface area is 257 Å². The highest BCUT2D eigenvalue weighted by Gasteiger charge is 2.44. The van der Waals surface area contributed by atoms with Crippen molar-refractivity contribution in [3.63, 3.8) is 0 Å². The highest BCUT2D eigenvalue weighted by atomic mass is 32.1. The van der Waals surface area contributed by atoms with E-state index in [4.69, 9.17) is 19.9 Å². The SMILES string of the molecule is Cc1ncsc1-c1ccc(CNC(=O)C2C[C@@H](O)CN2C(=O)C(NC(=O)COCCOCCOCCN)C(C)(C)C)cc1. The second kappa shape index (κ2) is 16.8. The van der Waals surface area contributed by atoms with Gasteiger partial charge in [0.25, 0.3) is 0 Å². The molecule has 0 saturated carbocycles. The number of likely N-dealkylation sites (tertiary alicyclic amines) is 1. The number of benzene rings is 1. The molecule has 5 N–H and O–H groups in total. The van der Waals surface area contributed by atoms with Crippen molar-refractivity contribution in [2.45, 2.75) is 58.8 Å². The summed E-state index contributed by atoms with van der Waals surface area (Å²) in [4.78, 5) is 46.4. The van der Waals surface area contributed by atoms with Gasteiger partial charge in [0, 0.05) is 26.1 Å². The first kappa shape index (κ1) is 34.5. The minimum Gasteiger partial charge on any atom is -0.391 e. The largest absolute Gasteiger partial charge is 0.391 e. The van der Waals surface area contributed by atoms with E-state index < -0.39 is 35.4 Å². The van der Waals surface area contributed by atoms with Crippen LogP contribution in [0.4, 0.5) is 0 Å². The molecular weight excluding hydrogens is 574 g/mol. The first-order valence-electron chi connectivity index (χ1n) is 14.5. The maximum Gasteiger partial charge on any atom is 0.246 e. The number of hydrogen-bond acceptors (Lipinski definition) is 10. The Bertz CT molecular complexity index is 1180. The fourth-order valence-electron chi connectivity index (χ4n) is 4.67. The molecule has 0 radical (unpaired) electrons. The number of aryl methyl sites for hydroxylation is 1. The summed E-state index contributed by atoms with van der Waals surface area (Å²) in [6, 6.07) is 6.08. The summed E-state index contributed by atoms with van der Waals surface area (Å²) in [5.41, 5.74) is 9.44. The molecular formula is C30H45N5O7S. The number of hydrogen-bond donors (Lipinski definition) is 4. The molecule has 12 nitrogen and oxygen atoms in total. The molecule has 1 aromatic carbocycles. The molecule has 3 amide bonds. The van der Waals surface area contributed by atoms with Gasteiger partial charge in [-0.3, -0.25) is 14.4 Å². The number of nitrogens with one attached hydrogen (secondary N) is 2. The number of amides is 3. The van der Waals surface area contributed by atoms with Crippen LogP contribution in [0, 0.1) is 12.3 Å². The molecule has 1 aliphatic rings. The van der Waals surface area contributed by atoms with E-state index in [0.717, 1.165) is 21.7 Å². The third kappa shape index (κ3) is 10.6. The molecule has 1 saturated heterocycles. The minimum atomic E-state index is -0.928. The van der Waals surface area contributed by atoms with E-state index in [1.165, 1.54) is 4.90 Å². The molecule has 3 atom stereocenters. The summed E-state index contributed by atoms with van der Waals surface area (Å²) >= 11 is 1.58. The van der Waals surface area contributed by atoms with Gasteiger partial charge >= 0.3 is 0 Å². The van der Waals surface area contributed by atoms with E-state index in [1.54, 1.807) is 11.3 Å². The number of rotatable bonds is 16. The highest BCUT2D eigenvalue weighted by molar-refractivity contribution is 7.13. The van der Waals surface area contributed by atoms with Crippen molar-refractivity contribution in [3.8, 4) is 10.4 Å². The molecule has 2 unspecified atom stereocenters. The zero-order chi connectivity index (χ0) is 31.4. The molecule has 1 aliphatic heterocycles. The number of aliphatic hydroxyl groups excluding tert-OH is 1. The molecule has 43 heavy (non-hydrogen) atoms. The lowest BCUT2D eigenvalue weighted by atomic mass is 9.85. The van der Waals surface area contributed by atoms with E-state index in [0.29, 0.717) is 33.0 Å². The quantitative estimate of drug-likeness (QED) is 0.202. The number of nitrogens with two attached hydrogens (primary N) is 1. The predicted octanol–water partition coefficient (Wildman–Crippen LogP) is 1.24. The van der Waals surface area contributed by atoms with Crippen LogP contribution < -0.4 is 16.4 Å². The third-order valence-corrected chi connectivity index (χ3v) is 7.93. The zero-order valence-corrected chi connectivity index (χ0v) is 26.3. The maximum absolute atomic E-state index is 13.7. The monoisotopic (exact) mass is 619 g/mol. The van der Waals surface area contributed by atoms with Crippen LogP contribution in [0.2, 0.25) is 0 Å². The zero-order valence-electron chi connectivity index (χ0n) is 25.5. The van der Waals surface area contributed by atoms with Gasteiger partial charge in [-0.25, -0.2) is 4.98 Å². The first-order valence-corrected chi connectivity index (χ1v) is 15.4. The van der Waals surface area contributed by atoms with Crippen LogP contribution in [0.3, 0.4) is 0 Å². The summed E-state index contributed by atoms with van der Waals surface area (Å²) in [6.07, 6.45) is -0.728. The Morgan fingerprint density at radius 1 is 1.09 bits per heavy atom. The Kier molecular flexibility index (Phi) is 13.5. The van der Waals surface area contributed by atoms with Crippen LogP contribution in [0.1, 0.15) is 38.4 Å². The number of aromatic nitrogens is 1.